The molecular formula is C12H25NO2S. The van der Waals surface area contributed by atoms with Crippen molar-refractivity contribution in [1.29, 1.82) is 0 Å². The number of hydrogen-bond donors (Lipinski definition) is 1. The van der Waals surface area contributed by atoms with E-state index < -0.39 is 9.84 Å². The van der Waals surface area contributed by atoms with Crippen molar-refractivity contribution in [3.05, 3.63) is 0 Å². The second kappa shape index (κ2) is 6.60. The van der Waals surface area contributed by atoms with Gasteiger partial charge in [0.25, 0.3) is 0 Å². The quantitative estimate of drug-likeness (QED) is 0.748. The second-order valence-electron chi connectivity index (χ2n) is 4.87. The first kappa shape index (κ1) is 14.0. The molecule has 1 heterocycles. The molecule has 2 atom stereocenters. The molecule has 3 nitrogen and oxygen atoms in total. The number of unbranched alkanes of at least 4 members (excludes halogenated alkanes) is 1. The Kier molecular flexibility index (Phi) is 5.76. The van der Waals surface area contributed by atoms with E-state index in [0.29, 0.717) is 23.5 Å². The molecule has 4 heteroatoms. The summed E-state index contributed by atoms with van der Waals surface area (Å²) in [6.45, 7) is 5.34. The second-order valence-corrected chi connectivity index (χ2v) is 7.09. The number of sulfone groups is 1. The highest BCUT2D eigenvalue weighted by Crippen LogP contribution is 2.24. The van der Waals surface area contributed by atoms with Crippen LogP contribution in [-0.2, 0) is 9.84 Å². The van der Waals surface area contributed by atoms with Gasteiger partial charge in [-0.2, -0.15) is 0 Å². The lowest BCUT2D eigenvalue weighted by Crippen LogP contribution is -2.37. The normalized spacial score (nSPS) is 25.8. The zero-order valence-electron chi connectivity index (χ0n) is 10.5. The molecule has 1 saturated heterocycles. The summed E-state index contributed by atoms with van der Waals surface area (Å²) in [5.74, 6) is 1.15. The Hall–Kier alpha value is -0.0900. The van der Waals surface area contributed by atoms with Crippen LogP contribution in [0.25, 0.3) is 0 Å². The highest BCUT2D eigenvalue weighted by atomic mass is 32.2. The molecule has 0 radical (unpaired) electrons. The van der Waals surface area contributed by atoms with E-state index in [1.54, 1.807) is 0 Å². The summed E-state index contributed by atoms with van der Waals surface area (Å²) >= 11 is 0. The van der Waals surface area contributed by atoms with E-state index >= 15 is 0 Å². The molecule has 2 unspecified atom stereocenters. The fourth-order valence-corrected chi connectivity index (χ4v) is 4.28. The van der Waals surface area contributed by atoms with Crippen LogP contribution in [0.5, 0.6) is 0 Å². The molecule has 0 spiro atoms. The van der Waals surface area contributed by atoms with Gasteiger partial charge in [0.15, 0.2) is 9.84 Å². The van der Waals surface area contributed by atoms with Crippen molar-refractivity contribution in [3.8, 4) is 0 Å². The summed E-state index contributed by atoms with van der Waals surface area (Å²) in [6, 6.07) is 0.414. The van der Waals surface area contributed by atoms with Gasteiger partial charge in [-0.05, 0) is 31.7 Å². The van der Waals surface area contributed by atoms with Crippen molar-refractivity contribution in [2.24, 2.45) is 5.92 Å². The summed E-state index contributed by atoms with van der Waals surface area (Å²) in [6.07, 6.45) is 5.47. The van der Waals surface area contributed by atoms with Gasteiger partial charge >= 0.3 is 0 Å². The minimum absolute atomic E-state index is 0.350. The van der Waals surface area contributed by atoms with Crippen LogP contribution in [0.4, 0.5) is 0 Å². The van der Waals surface area contributed by atoms with Crippen LogP contribution in [0.3, 0.4) is 0 Å². The molecule has 0 amide bonds. The third-order valence-corrected chi connectivity index (χ3v) is 5.16. The summed E-state index contributed by atoms with van der Waals surface area (Å²) in [5.41, 5.74) is 0. The topological polar surface area (TPSA) is 46.2 Å². The SMILES string of the molecule is CCCCC(NCCC)C1CCS(=O)(=O)C1. The lowest BCUT2D eigenvalue weighted by atomic mass is 9.94. The lowest BCUT2D eigenvalue weighted by Gasteiger charge is -2.23. The van der Waals surface area contributed by atoms with Crippen molar-refractivity contribution in [2.45, 2.75) is 52.0 Å². The summed E-state index contributed by atoms with van der Waals surface area (Å²) in [5, 5.41) is 3.52. The molecule has 16 heavy (non-hydrogen) atoms. The van der Waals surface area contributed by atoms with Gasteiger partial charge in [-0.25, -0.2) is 8.42 Å². The number of hydrogen-bond acceptors (Lipinski definition) is 3. The fourth-order valence-electron chi connectivity index (χ4n) is 2.40. The van der Waals surface area contributed by atoms with E-state index in [2.05, 4.69) is 19.2 Å². The predicted molar refractivity (Wildman–Crippen MR) is 68.4 cm³/mol. The molecule has 1 aliphatic rings. The van der Waals surface area contributed by atoms with E-state index in [1.165, 1.54) is 12.8 Å². The first-order valence-electron chi connectivity index (χ1n) is 6.53. The van der Waals surface area contributed by atoms with Crippen LogP contribution in [0.2, 0.25) is 0 Å². The fraction of sp³-hybridized carbons (Fsp3) is 1.00. The molecule has 0 saturated carbocycles. The first-order valence-corrected chi connectivity index (χ1v) is 8.35. The Morgan fingerprint density at radius 3 is 2.56 bits per heavy atom. The molecular weight excluding hydrogens is 222 g/mol. The molecule has 0 aliphatic carbocycles. The maximum Gasteiger partial charge on any atom is 0.150 e. The number of nitrogens with one attached hydrogen (secondary N) is 1. The largest absolute Gasteiger partial charge is 0.314 e. The van der Waals surface area contributed by atoms with Crippen LogP contribution in [0, 0.1) is 5.92 Å². The molecule has 96 valence electrons. The maximum absolute atomic E-state index is 11.5. The molecule has 0 aromatic heterocycles. The third kappa shape index (κ3) is 4.42. The zero-order valence-corrected chi connectivity index (χ0v) is 11.4. The average Bonchev–Trinajstić information content (AvgIpc) is 2.59. The van der Waals surface area contributed by atoms with E-state index in [4.69, 9.17) is 0 Å². The van der Waals surface area contributed by atoms with Crippen LogP contribution >= 0.6 is 0 Å². The van der Waals surface area contributed by atoms with Gasteiger partial charge in [-0.1, -0.05) is 26.7 Å². The van der Waals surface area contributed by atoms with E-state index in [9.17, 15) is 8.42 Å². The summed E-state index contributed by atoms with van der Waals surface area (Å²) < 4.78 is 22.9. The monoisotopic (exact) mass is 247 g/mol. The van der Waals surface area contributed by atoms with Gasteiger partial charge in [-0.15, -0.1) is 0 Å². The highest BCUT2D eigenvalue weighted by Gasteiger charge is 2.32. The zero-order chi connectivity index (χ0) is 12.0. The molecule has 1 N–H and O–H groups in total. The molecule has 0 bridgehead atoms. The maximum atomic E-state index is 11.5. The standard InChI is InChI=1S/C12H25NO2S/c1-3-5-6-12(13-8-4-2)11-7-9-16(14,15)10-11/h11-13H,3-10H2,1-2H3. The van der Waals surface area contributed by atoms with Crippen molar-refractivity contribution in [1.82, 2.24) is 5.32 Å². The van der Waals surface area contributed by atoms with Gasteiger partial charge < -0.3 is 5.32 Å². The average molecular weight is 247 g/mol. The third-order valence-electron chi connectivity index (χ3n) is 3.36. The van der Waals surface area contributed by atoms with Gasteiger partial charge in [0.2, 0.25) is 0 Å². The Bertz CT molecular complexity index is 279. The Balaban J connectivity index is 2.48. The van der Waals surface area contributed by atoms with Crippen molar-refractivity contribution >= 4 is 9.84 Å². The van der Waals surface area contributed by atoms with E-state index in [-0.39, 0.29) is 0 Å². The predicted octanol–water partition coefficient (Wildman–Crippen LogP) is 1.98. The molecule has 1 aliphatic heterocycles. The lowest BCUT2D eigenvalue weighted by molar-refractivity contribution is 0.354. The van der Waals surface area contributed by atoms with Gasteiger partial charge in [-0.3, -0.25) is 0 Å². The van der Waals surface area contributed by atoms with Crippen LogP contribution in [-0.4, -0.2) is 32.5 Å². The van der Waals surface area contributed by atoms with Gasteiger partial charge in [0, 0.05) is 6.04 Å². The van der Waals surface area contributed by atoms with Crippen molar-refractivity contribution < 1.29 is 8.42 Å². The van der Waals surface area contributed by atoms with Crippen LogP contribution in [0.15, 0.2) is 0 Å². The summed E-state index contributed by atoms with van der Waals surface area (Å²) in [4.78, 5) is 0. The van der Waals surface area contributed by atoms with E-state index in [1.807, 2.05) is 0 Å². The first-order chi connectivity index (χ1) is 7.59. The Labute approximate surface area is 99.9 Å². The minimum atomic E-state index is -2.73. The van der Waals surface area contributed by atoms with Crippen molar-refractivity contribution in [2.75, 3.05) is 18.1 Å². The minimum Gasteiger partial charge on any atom is -0.314 e. The highest BCUT2D eigenvalue weighted by molar-refractivity contribution is 7.91. The van der Waals surface area contributed by atoms with E-state index in [0.717, 1.165) is 25.8 Å². The molecule has 0 aromatic carbocycles. The van der Waals surface area contributed by atoms with Gasteiger partial charge in [0.1, 0.15) is 0 Å². The summed E-state index contributed by atoms with van der Waals surface area (Å²) in [7, 11) is -2.73. The van der Waals surface area contributed by atoms with Gasteiger partial charge in [0.05, 0.1) is 11.5 Å². The molecule has 1 fully saturated rings. The Morgan fingerprint density at radius 1 is 1.31 bits per heavy atom. The number of rotatable bonds is 7. The Morgan fingerprint density at radius 2 is 2.06 bits per heavy atom. The van der Waals surface area contributed by atoms with Crippen molar-refractivity contribution in [3.63, 3.8) is 0 Å². The molecule has 1 rings (SSSR count). The van der Waals surface area contributed by atoms with Crippen LogP contribution in [0.1, 0.15) is 46.0 Å². The smallest absolute Gasteiger partial charge is 0.150 e. The molecule has 0 aromatic rings. The van der Waals surface area contributed by atoms with Crippen LogP contribution < -0.4 is 5.32 Å².